The highest BCUT2D eigenvalue weighted by Crippen LogP contribution is 2.22. The maximum atomic E-state index is 12.9. The number of benzene rings is 3. The highest BCUT2D eigenvalue weighted by Gasteiger charge is 2.16. The summed E-state index contributed by atoms with van der Waals surface area (Å²) in [6.07, 6.45) is 0.268. The molecule has 0 aliphatic carbocycles. The molecule has 0 unspecified atom stereocenters. The Morgan fingerprint density at radius 2 is 1.64 bits per heavy atom. The van der Waals surface area contributed by atoms with E-state index in [0.29, 0.717) is 16.8 Å². The van der Waals surface area contributed by atoms with Crippen molar-refractivity contribution in [3.8, 4) is 0 Å². The zero-order valence-corrected chi connectivity index (χ0v) is 16.9. The van der Waals surface area contributed by atoms with Crippen molar-refractivity contribution < 1.29 is 9.59 Å². The van der Waals surface area contributed by atoms with E-state index in [4.69, 9.17) is 0 Å². The molecule has 0 saturated heterocycles. The van der Waals surface area contributed by atoms with Crippen molar-refractivity contribution >= 4 is 29.1 Å². The maximum absolute atomic E-state index is 12.9. The summed E-state index contributed by atoms with van der Waals surface area (Å²) in [4.78, 5) is 26.7. The molecule has 0 bridgehead atoms. The van der Waals surface area contributed by atoms with Crippen LogP contribution in [0.2, 0.25) is 0 Å². The third kappa shape index (κ3) is 5.11. The average Bonchev–Trinajstić information content (AvgIpc) is 2.71. The van der Waals surface area contributed by atoms with Crippen molar-refractivity contribution in [2.24, 2.45) is 0 Å². The number of aryl methyl sites for hydroxylation is 1. The molecule has 0 fully saturated rings. The van der Waals surface area contributed by atoms with Crippen LogP contribution in [0.1, 0.15) is 34.0 Å². The fourth-order valence-corrected chi connectivity index (χ4v) is 3.61. The lowest BCUT2D eigenvalue weighted by molar-refractivity contribution is -0.115. The largest absolute Gasteiger partial charge is 0.325 e. The molecular weight excluding hydrogens is 366 g/mol. The van der Waals surface area contributed by atoms with Crippen molar-refractivity contribution in [3.63, 3.8) is 0 Å². The van der Waals surface area contributed by atoms with E-state index in [1.807, 2.05) is 61.5 Å². The smallest absolute Gasteiger partial charge is 0.228 e. The SMILES string of the molecule is CCSc1ccc(CC(=O)Nc2ccc(C)cc2C(=O)c2ccccc2)cc1. The van der Waals surface area contributed by atoms with Gasteiger partial charge >= 0.3 is 0 Å². The summed E-state index contributed by atoms with van der Waals surface area (Å²) < 4.78 is 0. The summed E-state index contributed by atoms with van der Waals surface area (Å²) in [6.45, 7) is 4.05. The predicted octanol–water partition coefficient (Wildman–Crippen LogP) is 5.52. The number of nitrogens with one attached hydrogen (secondary N) is 1. The van der Waals surface area contributed by atoms with Gasteiger partial charge in [0, 0.05) is 16.0 Å². The molecule has 3 nitrogen and oxygen atoms in total. The Morgan fingerprint density at radius 1 is 0.929 bits per heavy atom. The topological polar surface area (TPSA) is 46.2 Å². The van der Waals surface area contributed by atoms with Gasteiger partial charge in [-0.1, -0.05) is 61.0 Å². The molecule has 0 aromatic heterocycles. The first-order chi connectivity index (χ1) is 13.6. The van der Waals surface area contributed by atoms with E-state index in [1.165, 1.54) is 4.90 Å². The summed E-state index contributed by atoms with van der Waals surface area (Å²) in [5.41, 5.74) is 3.58. The Bertz CT molecular complexity index is 966. The van der Waals surface area contributed by atoms with Crippen LogP contribution >= 0.6 is 11.8 Å². The summed E-state index contributed by atoms with van der Waals surface area (Å²) in [7, 11) is 0. The zero-order chi connectivity index (χ0) is 19.9. The van der Waals surface area contributed by atoms with Gasteiger partial charge in [0.25, 0.3) is 0 Å². The molecule has 0 radical (unpaired) electrons. The van der Waals surface area contributed by atoms with Crippen molar-refractivity contribution in [3.05, 3.63) is 95.1 Å². The van der Waals surface area contributed by atoms with Crippen molar-refractivity contribution in [1.82, 2.24) is 0 Å². The number of ketones is 1. The highest BCUT2D eigenvalue weighted by molar-refractivity contribution is 7.99. The van der Waals surface area contributed by atoms with E-state index in [-0.39, 0.29) is 18.1 Å². The number of anilines is 1. The second kappa shape index (κ2) is 9.38. The Labute approximate surface area is 170 Å². The van der Waals surface area contributed by atoms with Gasteiger partial charge in [0.1, 0.15) is 0 Å². The van der Waals surface area contributed by atoms with Crippen LogP contribution in [0.25, 0.3) is 0 Å². The van der Waals surface area contributed by atoms with Crippen LogP contribution < -0.4 is 5.32 Å². The van der Waals surface area contributed by atoms with Crippen molar-refractivity contribution in [1.29, 1.82) is 0 Å². The van der Waals surface area contributed by atoms with E-state index in [2.05, 4.69) is 12.2 Å². The quantitative estimate of drug-likeness (QED) is 0.427. The molecule has 0 heterocycles. The van der Waals surface area contributed by atoms with Gasteiger partial charge in [0.05, 0.1) is 12.1 Å². The Balaban J connectivity index is 1.76. The molecule has 1 amide bonds. The van der Waals surface area contributed by atoms with Crippen LogP contribution in [0.3, 0.4) is 0 Å². The average molecular weight is 390 g/mol. The summed E-state index contributed by atoms with van der Waals surface area (Å²) >= 11 is 1.77. The molecule has 28 heavy (non-hydrogen) atoms. The molecule has 0 saturated carbocycles. The summed E-state index contributed by atoms with van der Waals surface area (Å²) in [6, 6.07) is 22.6. The van der Waals surface area contributed by atoms with Gasteiger partial charge in [0.2, 0.25) is 5.91 Å². The standard InChI is InChI=1S/C24H23NO2S/c1-3-28-20-12-10-18(11-13-20)16-23(26)25-22-14-9-17(2)15-21(22)24(27)19-7-5-4-6-8-19/h4-15H,3,16H2,1-2H3,(H,25,26). The molecule has 142 valence electrons. The van der Waals surface area contributed by atoms with Crippen LogP contribution in [0.4, 0.5) is 5.69 Å². The van der Waals surface area contributed by atoms with Gasteiger partial charge in [-0.05, 0) is 42.5 Å². The fraction of sp³-hybridized carbons (Fsp3) is 0.167. The molecule has 3 aromatic carbocycles. The van der Waals surface area contributed by atoms with Crippen LogP contribution in [-0.2, 0) is 11.2 Å². The van der Waals surface area contributed by atoms with Crippen LogP contribution in [0.5, 0.6) is 0 Å². The van der Waals surface area contributed by atoms with Gasteiger partial charge in [-0.3, -0.25) is 9.59 Å². The van der Waals surface area contributed by atoms with E-state index in [0.717, 1.165) is 16.9 Å². The monoisotopic (exact) mass is 389 g/mol. The van der Waals surface area contributed by atoms with E-state index in [9.17, 15) is 9.59 Å². The van der Waals surface area contributed by atoms with Gasteiger partial charge in [-0.15, -0.1) is 11.8 Å². The summed E-state index contributed by atoms with van der Waals surface area (Å²) in [5, 5.41) is 2.91. The molecule has 0 spiro atoms. The van der Waals surface area contributed by atoms with E-state index < -0.39 is 0 Å². The van der Waals surface area contributed by atoms with Gasteiger partial charge in [-0.2, -0.15) is 0 Å². The van der Waals surface area contributed by atoms with Gasteiger partial charge in [0.15, 0.2) is 5.78 Å². The Kier molecular flexibility index (Phi) is 6.66. The van der Waals surface area contributed by atoms with E-state index in [1.54, 1.807) is 30.0 Å². The highest BCUT2D eigenvalue weighted by atomic mass is 32.2. The zero-order valence-electron chi connectivity index (χ0n) is 16.1. The van der Waals surface area contributed by atoms with E-state index >= 15 is 0 Å². The molecule has 1 N–H and O–H groups in total. The number of amides is 1. The number of hydrogen-bond donors (Lipinski definition) is 1. The minimum atomic E-state index is -0.137. The first-order valence-corrected chi connectivity index (χ1v) is 10.3. The number of rotatable bonds is 7. The maximum Gasteiger partial charge on any atom is 0.228 e. The predicted molar refractivity (Wildman–Crippen MR) is 116 cm³/mol. The van der Waals surface area contributed by atoms with Gasteiger partial charge < -0.3 is 5.32 Å². The number of hydrogen-bond acceptors (Lipinski definition) is 3. The second-order valence-electron chi connectivity index (χ2n) is 6.55. The molecule has 0 atom stereocenters. The first kappa shape index (κ1) is 19.9. The van der Waals surface area contributed by atoms with Crippen molar-refractivity contribution in [2.45, 2.75) is 25.2 Å². The van der Waals surface area contributed by atoms with Gasteiger partial charge in [-0.25, -0.2) is 0 Å². The minimum Gasteiger partial charge on any atom is -0.325 e. The molecule has 0 aliphatic rings. The molecule has 0 aliphatic heterocycles. The minimum absolute atomic E-state index is 0.0967. The molecule has 3 aromatic rings. The van der Waals surface area contributed by atoms with Crippen LogP contribution in [0.15, 0.2) is 77.7 Å². The van der Waals surface area contributed by atoms with Crippen LogP contribution in [0, 0.1) is 6.92 Å². The fourth-order valence-electron chi connectivity index (χ4n) is 2.95. The number of thioether (sulfide) groups is 1. The lowest BCUT2D eigenvalue weighted by atomic mass is 9.99. The second-order valence-corrected chi connectivity index (χ2v) is 7.88. The Morgan fingerprint density at radius 3 is 2.32 bits per heavy atom. The van der Waals surface area contributed by atoms with Crippen molar-refractivity contribution in [2.75, 3.05) is 11.1 Å². The Hall–Kier alpha value is -2.85. The third-order valence-corrected chi connectivity index (χ3v) is 5.22. The third-order valence-electron chi connectivity index (χ3n) is 4.33. The first-order valence-electron chi connectivity index (χ1n) is 9.29. The lowest BCUT2D eigenvalue weighted by Gasteiger charge is -2.12. The lowest BCUT2D eigenvalue weighted by Crippen LogP contribution is -2.17. The molecular formula is C24H23NO2S. The summed E-state index contributed by atoms with van der Waals surface area (Å²) in [5.74, 6) is 0.785. The number of carbonyl (C=O) groups excluding carboxylic acids is 2. The molecule has 3 rings (SSSR count). The number of carbonyl (C=O) groups is 2. The molecule has 4 heteroatoms. The normalized spacial score (nSPS) is 10.5. The van der Waals surface area contributed by atoms with Crippen LogP contribution in [-0.4, -0.2) is 17.4 Å².